The third-order valence-electron chi connectivity index (χ3n) is 3.21. The van der Waals surface area contributed by atoms with E-state index in [1.807, 2.05) is 38.1 Å². The Hall–Kier alpha value is -2.07. The summed E-state index contributed by atoms with van der Waals surface area (Å²) in [5.41, 5.74) is 7.98. The Morgan fingerprint density at radius 2 is 2.10 bits per heavy atom. The molecule has 0 aliphatic heterocycles. The van der Waals surface area contributed by atoms with E-state index in [1.54, 1.807) is 22.9 Å². The van der Waals surface area contributed by atoms with Gasteiger partial charge in [0.2, 0.25) is 0 Å². The summed E-state index contributed by atoms with van der Waals surface area (Å²) in [7, 11) is 0. The van der Waals surface area contributed by atoms with Gasteiger partial charge in [0.15, 0.2) is 0 Å². The molecule has 0 spiro atoms. The number of benzene rings is 1. The molecule has 0 saturated carbocycles. The van der Waals surface area contributed by atoms with Gasteiger partial charge in [-0.1, -0.05) is 18.2 Å². The van der Waals surface area contributed by atoms with Crippen molar-refractivity contribution in [1.82, 2.24) is 4.57 Å². The highest BCUT2D eigenvalue weighted by Crippen LogP contribution is 2.21. The van der Waals surface area contributed by atoms with Crippen molar-refractivity contribution in [3.63, 3.8) is 0 Å². The number of aromatic nitrogens is 1. The Morgan fingerprint density at radius 3 is 2.75 bits per heavy atom. The van der Waals surface area contributed by atoms with E-state index in [0.717, 1.165) is 16.9 Å². The first kappa shape index (κ1) is 14.3. The van der Waals surface area contributed by atoms with Gasteiger partial charge in [-0.2, -0.15) is 0 Å². The molecule has 4 heteroatoms. The van der Waals surface area contributed by atoms with E-state index in [-0.39, 0.29) is 11.6 Å². The van der Waals surface area contributed by atoms with Crippen LogP contribution in [0.15, 0.2) is 47.4 Å². The topological polar surface area (TPSA) is 57.2 Å². The second-order valence-electron chi connectivity index (χ2n) is 4.89. The Kier molecular flexibility index (Phi) is 4.58. The number of ether oxygens (including phenoxy) is 1. The fraction of sp³-hybridized carbons (Fsp3) is 0.312. The summed E-state index contributed by atoms with van der Waals surface area (Å²) in [6, 6.07) is 11.1. The molecule has 0 fully saturated rings. The van der Waals surface area contributed by atoms with Crippen molar-refractivity contribution in [1.29, 1.82) is 0 Å². The Balaban J connectivity index is 1.98. The minimum absolute atomic E-state index is 0.0138. The van der Waals surface area contributed by atoms with Gasteiger partial charge in [-0.25, -0.2) is 0 Å². The maximum atomic E-state index is 11.5. The molecule has 2 N–H and O–H groups in total. The summed E-state index contributed by atoms with van der Waals surface area (Å²) in [4.78, 5) is 11.5. The van der Waals surface area contributed by atoms with Crippen LogP contribution in [0.25, 0.3) is 0 Å². The first-order valence-electron chi connectivity index (χ1n) is 6.72. The first-order chi connectivity index (χ1) is 9.58. The van der Waals surface area contributed by atoms with E-state index >= 15 is 0 Å². The van der Waals surface area contributed by atoms with Crippen LogP contribution in [0.5, 0.6) is 5.75 Å². The Bertz CT molecular complexity index is 632. The van der Waals surface area contributed by atoms with Crippen molar-refractivity contribution in [3.8, 4) is 5.75 Å². The van der Waals surface area contributed by atoms with Gasteiger partial charge in [-0.15, -0.1) is 0 Å². The van der Waals surface area contributed by atoms with Crippen LogP contribution in [0.1, 0.15) is 24.1 Å². The van der Waals surface area contributed by atoms with Gasteiger partial charge >= 0.3 is 0 Å². The molecule has 106 valence electrons. The molecule has 4 nitrogen and oxygen atoms in total. The van der Waals surface area contributed by atoms with Gasteiger partial charge in [0.25, 0.3) is 5.56 Å². The zero-order chi connectivity index (χ0) is 14.5. The van der Waals surface area contributed by atoms with Gasteiger partial charge < -0.3 is 15.0 Å². The largest absolute Gasteiger partial charge is 0.491 e. The average molecular weight is 272 g/mol. The lowest BCUT2D eigenvalue weighted by molar-refractivity contribution is 0.294. The quantitative estimate of drug-likeness (QED) is 0.908. The molecule has 1 aromatic heterocycles. The zero-order valence-electron chi connectivity index (χ0n) is 11.9. The molecule has 1 atom stereocenters. The number of hydrogen-bond acceptors (Lipinski definition) is 3. The van der Waals surface area contributed by atoms with Gasteiger partial charge in [0, 0.05) is 18.3 Å². The van der Waals surface area contributed by atoms with Gasteiger partial charge in [-0.05, 0) is 37.1 Å². The van der Waals surface area contributed by atoms with Crippen LogP contribution in [-0.4, -0.2) is 11.2 Å². The van der Waals surface area contributed by atoms with E-state index < -0.39 is 0 Å². The van der Waals surface area contributed by atoms with Crippen molar-refractivity contribution in [3.05, 3.63) is 64.1 Å². The van der Waals surface area contributed by atoms with Crippen LogP contribution in [0, 0.1) is 6.92 Å². The molecule has 0 aliphatic carbocycles. The lowest BCUT2D eigenvalue weighted by atomic mass is 10.1. The smallest absolute Gasteiger partial charge is 0.250 e. The lowest BCUT2D eigenvalue weighted by Gasteiger charge is -2.13. The number of nitrogens with zero attached hydrogens (tertiary/aromatic N) is 1. The van der Waals surface area contributed by atoms with Gasteiger partial charge in [-0.3, -0.25) is 4.79 Å². The Labute approximate surface area is 118 Å². The summed E-state index contributed by atoms with van der Waals surface area (Å²) in [5, 5.41) is 0. The van der Waals surface area contributed by atoms with Crippen LogP contribution >= 0.6 is 0 Å². The van der Waals surface area contributed by atoms with Crippen molar-refractivity contribution < 1.29 is 4.74 Å². The van der Waals surface area contributed by atoms with Gasteiger partial charge in [0.05, 0.1) is 6.54 Å². The third-order valence-corrected chi connectivity index (χ3v) is 3.21. The molecule has 2 aromatic rings. The molecule has 2 rings (SSSR count). The normalized spacial score (nSPS) is 12.2. The average Bonchev–Trinajstić information content (AvgIpc) is 2.42. The minimum Gasteiger partial charge on any atom is -0.491 e. The van der Waals surface area contributed by atoms with Crippen LogP contribution in [0.4, 0.5) is 0 Å². The molecule has 0 radical (unpaired) electrons. The highest BCUT2D eigenvalue weighted by molar-refractivity contribution is 5.37. The fourth-order valence-electron chi connectivity index (χ4n) is 2.02. The summed E-state index contributed by atoms with van der Waals surface area (Å²) in [5.74, 6) is 0.832. The summed E-state index contributed by atoms with van der Waals surface area (Å²) < 4.78 is 7.36. The summed E-state index contributed by atoms with van der Waals surface area (Å²) in [6.45, 7) is 4.95. The van der Waals surface area contributed by atoms with Crippen molar-refractivity contribution in [2.75, 3.05) is 6.61 Å². The number of rotatable bonds is 5. The van der Waals surface area contributed by atoms with Crippen LogP contribution in [-0.2, 0) is 6.54 Å². The van der Waals surface area contributed by atoms with Crippen molar-refractivity contribution in [2.45, 2.75) is 26.4 Å². The molecule has 1 heterocycles. The molecule has 0 aliphatic rings. The lowest BCUT2D eigenvalue weighted by Crippen LogP contribution is -2.21. The molecule has 0 amide bonds. The second-order valence-corrected chi connectivity index (χ2v) is 4.89. The van der Waals surface area contributed by atoms with Crippen LogP contribution < -0.4 is 16.0 Å². The SMILES string of the molecule is Cc1cc([C@H](C)N)ccc1OCCn1ccccc1=O. The predicted molar refractivity (Wildman–Crippen MR) is 80.0 cm³/mol. The zero-order valence-corrected chi connectivity index (χ0v) is 11.9. The Morgan fingerprint density at radius 1 is 1.30 bits per heavy atom. The van der Waals surface area contributed by atoms with Crippen molar-refractivity contribution in [2.24, 2.45) is 5.73 Å². The minimum atomic E-state index is -0.0138. The van der Waals surface area contributed by atoms with Crippen LogP contribution in [0.3, 0.4) is 0 Å². The molecule has 0 bridgehead atoms. The molecule has 20 heavy (non-hydrogen) atoms. The van der Waals surface area contributed by atoms with E-state index in [4.69, 9.17) is 10.5 Å². The molecular formula is C16H20N2O2. The monoisotopic (exact) mass is 272 g/mol. The van der Waals surface area contributed by atoms with E-state index in [1.165, 1.54) is 0 Å². The molecule has 1 aromatic carbocycles. The number of aryl methyl sites for hydroxylation is 1. The van der Waals surface area contributed by atoms with E-state index in [2.05, 4.69) is 0 Å². The number of nitrogens with two attached hydrogens (primary N) is 1. The first-order valence-corrected chi connectivity index (χ1v) is 6.72. The summed E-state index contributed by atoms with van der Waals surface area (Å²) in [6.07, 6.45) is 1.76. The van der Waals surface area contributed by atoms with Crippen molar-refractivity contribution >= 4 is 0 Å². The number of pyridine rings is 1. The number of hydrogen-bond donors (Lipinski definition) is 1. The molecule has 0 saturated heterocycles. The standard InChI is InChI=1S/C16H20N2O2/c1-12-11-14(13(2)17)6-7-15(12)20-10-9-18-8-4-3-5-16(18)19/h3-8,11,13H,9-10,17H2,1-2H3/t13-/m0/s1. The summed E-state index contributed by atoms with van der Waals surface area (Å²) >= 11 is 0. The second kappa shape index (κ2) is 6.39. The highest BCUT2D eigenvalue weighted by Gasteiger charge is 2.04. The van der Waals surface area contributed by atoms with Gasteiger partial charge in [0.1, 0.15) is 12.4 Å². The fourth-order valence-corrected chi connectivity index (χ4v) is 2.02. The maximum Gasteiger partial charge on any atom is 0.250 e. The van der Waals surface area contributed by atoms with Crippen LogP contribution in [0.2, 0.25) is 0 Å². The maximum absolute atomic E-state index is 11.5. The molecular weight excluding hydrogens is 252 g/mol. The third kappa shape index (κ3) is 3.48. The van der Waals surface area contributed by atoms with E-state index in [9.17, 15) is 4.79 Å². The molecule has 0 unspecified atom stereocenters. The van der Waals surface area contributed by atoms with E-state index in [0.29, 0.717) is 13.2 Å². The highest BCUT2D eigenvalue weighted by atomic mass is 16.5. The predicted octanol–water partition coefficient (Wildman–Crippen LogP) is 2.26.